The number of ether oxygens (including phenoxy) is 1. The molecule has 0 saturated heterocycles. The van der Waals surface area contributed by atoms with Crippen LogP contribution in [0.4, 0.5) is 0 Å². The summed E-state index contributed by atoms with van der Waals surface area (Å²) in [7, 11) is 0. The van der Waals surface area contributed by atoms with Crippen molar-refractivity contribution >= 4 is 0 Å². The van der Waals surface area contributed by atoms with Crippen molar-refractivity contribution in [1.29, 1.82) is 0 Å². The summed E-state index contributed by atoms with van der Waals surface area (Å²) < 4.78 is 5.82. The fourth-order valence-electron chi connectivity index (χ4n) is 6.03. The van der Waals surface area contributed by atoms with Crippen molar-refractivity contribution < 1.29 is 4.74 Å². The fraction of sp³-hybridized carbons (Fsp3) is 0.636. The van der Waals surface area contributed by atoms with Gasteiger partial charge in [-0.1, -0.05) is 23.3 Å². The quantitative estimate of drug-likeness (QED) is 0.437. The monoisotopic (exact) mass is 310 g/mol. The van der Waals surface area contributed by atoms with Gasteiger partial charge in [0, 0.05) is 10.8 Å². The molecule has 0 heterocycles. The summed E-state index contributed by atoms with van der Waals surface area (Å²) >= 11 is 0. The Morgan fingerprint density at radius 1 is 0.826 bits per heavy atom. The van der Waals surface area contributed by atoms with Crippen LogP contribution in [0.3, 0.4) is 0 Å². The molecule has 0 N–H and O–H groups in total. The van der Waals surface area contributed by atoms with Crippen LogP contribution >= 0.6 is 0 Å². The van der Waals surface area contributed by atoms with E-state index in [2.05, 4.69) is 38.2 Å². The van der Waals surface area contributed by atoms with Gasteiger partial charge in [-0.3, -0.25) is 0 Å². The van der Waals surface area contributed by atoms with Gasteiger partial charge >= 0.3 is 0 Å². The van der Waals surface area contributed by atoms with Gasteiger partial charge in [-0.15, -0.1) is 0 Å². The number of fused-ring (bicyclic) bond motifs is 4. The standard InChI is InChI=1S/C22H30O/c1-3-19-13-17-5-7-21(19,15-17)9-11-23-12-10-22-8-6-18(16-22)14-20(22)4-2/h3-4,9-12,17-18H,5-8,13-16H2,1-2H3. The van der Waals surface area contributed by atoms with Crippen molar-refractivity contribution in [2.45, 2.75) is 65.2 Å². The topological polar surface area (TPSA) is 9.23 Å². The first-order chi connectivity index (χ1) is 11.2. The highest BCUT2D eigenvalue weighted by molar-refractivity contribution is 5.31. The molecule has 4 aliphatic carbocycles. The first kappa shape index (κ1) is 15.3. The van der Waals surface area contributed by atoms with Crippen LogP contribution < -0.4 is 0 Å². The third-order valence-corrected chi connectivity index (χ3v) is 7.23. The van der Waals surface area contributed by atoms with Crippen molar-refractivity contribution in [3.63, 3.8) is 0 Å². The van der Waals surface area contributed by atoms with Crippen LogP contribution in [0.25, 0.3) is 0 Å². The second-order valence-electron chi connectivity index (χ2n) is 8.31. The molecular weight excluding hydrogens is 280 g/mol. The van der Waals surface area contributed by atoms with Gasteiger partial charge in [0.25, 0.3) is 0 Å². The number of rotatable bonds is 4. The molecule has 0 aromatic rings. The molecule has 4 rings (SSSR count). The summed E-state index contributed by atoms with van der Waals surface area (Å²) in [6.07, 6.45) is 24.0. The molecule has 0 amide bonds. The Bertz CT molecular complexity index is 541. The summed E-state index contributed by atoms with van der Waals surface area (Å²) in [5.74, 6) is 1.85. The third-order valence-electron chi connectivity index (χ3n) is 7.23. The molecular formula is C22H30O. The largest absolute Gasteiger partial charge is 0.473 e. The molecule has 1 heteroatoms. The lowest BCUT2D eigenvalue weighted by molar-refractivity contribution is 0.371. The molecule has 4 aliphatic rings. The molecule has 1 nitrogen and oxygen atoms in total. The van der Waals surface area contributed by atoms with E-state index in [9.17, 15) is 0 Å². The molecule has 0 radical (unpaired) electrons. The third kappa shape index (κ3) is 2.44. The van der Waals surface area contributed by atoms with Crippen molar-refractivity contribution in [2.24, 2.45) is 22.7 Å². The summed E-state index contributed by atoms with van der Waals surface area (Å²) in [6.45, 7) is 4.39. The van der Waals surface area contributed by atoms with E-state index in [0.717, 1.165) is 11.8 Å². The predicted octanol–water partition coefficient (Wildman–Crippen LogP) is 6.30. The number of hydrogen-bond acceptors (Lipinski definition) is 1. The van der Waals surface area contributed by atoms with Gasteiger partial charge in [-0.05, 0) is 89.2 Å². The van der Waals surface area contributed by atoms with Gasteiger partial charge in [0.05, 0.1) is 12.5 Å². The first-order valence-corrected chi connectivity index (χ1v) is 9.52. The smallest absolute Gasteiger partial charge is 0.0870 e. The summed E-state index contributed by atoms with van der Waals surface area (Å²) in [5, 5.41) is 0. The van der Waals surface area contributed by atoms with Crippen LogP contribution in [-0.4, -0.2) is 0 Å². The Morgan fingerprint density at radius 2 is 1.30 bits per heavy atom. The maximum Gasteiger partial charge on any atom is 0.0870 e. The van der Waals surface area contributed by atoms with Crippen molar-refractivity contribution in [3.8, 4) is 0 Å². The van der Waals surface area contributed by atoms with Gasteiger partial charge in [0.2, 0.25) is 0 Å². The highest BCUT2D eigenvalue weighted by Gasteiger charge is 2.47. The lowest BCUT2D eigenvalue weighted by atomic mass is 9.79. The average Bonchev–Trinajstić information content (AvgIpc) is 3.31. The van der Waals surface area contributed by atoms with E-state index in [1.165, 1.54) is 51.4 Å². The predicted molar refractivity (Wildman–Crippen MR) is 95.7 cm³/mol. The molecule has 4 atom stereocenters. The number of hydrogen-bond donors (Lipinski definition) is 0. The van der Waals surface area contributed by atoms with E-state index in [1.807, 2.05) is 12.5 Å². The Morgan fingerprint density at radius 3 is 1.70 bits per heavy atom. The Kier molecular flexibility index (Phi) is 3.78. The minimum atomic E-state index is 0.325. The van der Waals surface area contributed by atoms with Crippen molar-refractivity contribution in [3.05, 3.63) is 48.0 Å². The van der Waals surface area contributed by atoms with Crippen LogP contribution in [0.2, 0.25) is 0 Å². The van der Waals surface area contributed by atoms with Crippen molar-refractivity contribution in [2.75, 3.05) is 0 Å². The summed E-state index contributed by atoms with van der Waals surface area (Å²) in [4.78, 5) is 0. The minimum Gasteiger partial charge on any atom is -0.473 e. The maximum absolute atomic E-state index is 5.82. The SMILES string of the molecule is CC=C1CC2CCC1(C=COC=CC13CCC(CC1=CC)C3)C2. The van der Waals surface area contributed by atoms with E-state index in [-0.39, 0.29) is 0 Å². The molecule has 4 unspecified atom stereocenters. The molecule has 0 spiro atoms. The van der Waals surface area contributed by atoms with E-state index >= 15 is 0 Å². The second-order valence-corrected chi connectivity index (χ2v) is 8.31. The zero-order chi connectivity index (χ0) is 15.9. The molecule has 23 heavy (non-hydrogen) atoms. The Labute approximate surface area is 141 Å². The zero-order valence-electron chi connectivity index (χ0n) is 14.7. The second kappa shape index (κ2) is 5.69. The maximum atomic E-state index is 5.82. The molecule has 0 aliphatic heterocycles. The van der Waals surface area contributed by atoms with E-state index in [1.54, 1.807) is 11.1 Å². The highest BCUT2D eigenvalue weighted by atomic mass is 16.5. The van der Waals surface area contributed by atoms with E-state index in [0.29, 0.717) is 10.8 Å². The van der Waals surface area contributed by atoms with Gasteiger partial charge in [0.15, 0.2) is 0 Å². The zero-order valence-corrected chi connectivity index (χ0v) is 14.7. The van der Waals surface area contributed by atoms with Gasteiger partial charge in [-0.25, -0.2) is 0 Å². The van der Waals surface area contributed by atoms with Crippen LogP contribution in [0, 0.1) is 22.7 Å². The summed E-state index contributed by atoms with van der Waals surface area (Å²) in [5.41, 5.74) is 3.93. The fourth-order valence-corrected chi connectivity index (χ4v) is 6.03. The van der Waals surface area contributed by atoms with Crippen LogP contribution in [-0.2, 0) is 4.74 Å². The Balaban J connectivity index is 1.40. The first-order valence-electron chi connectivity index (χ1n) is 9.52. The van der Waals surface area contributed by atoms with Gasteiger partial charge in [0.1, 0.15) is 0 Å². The number of allylic oxidation sites excluding steroid dienone is 6. The van der Waals surface area contributed by atoms with Crippen molar-refractivity contribution in [1.82, 2.24) is 0 Å². The lowest BCUT2D eigenvalue weighted by Gasteiger charge is -2.26. The Hall–Kier alpha value is -1.24. The normalized spacial score (nSPS) is 45.5. The average molecular weight is 310 g/mol. The highest BCUT2D eigenvalue weighted by Crippen LogP contribution is 2.59. The molecule has 4 saturated carbocycles. The molecule has 4 fully saturated rings. The van der Waals surface area contributed by atoms with E-state index < -0.39 is 0 Å². The van der Waals surface area contributed by atoms with Crippen LogP contribution in [0.1, 0.15) is 65.2 Å². The summed E-state index contributed by atoms with van der Waals surface area (Å²) in [6, 6.07) is 0. The molecule has 4 bridgehead atoms. The van der Waals surface area contributed by atoms with E-state index in [4.69, 9.17) is 4.74 Å². The van der Waals surface area contributed by atoms with Crippen LogP contribution in [0.5, 0.6) is 0 Å². The molecule has 0 aromatic heterocycles. The van der Waals surface area contributed by atoms with Gasteiger partial charge < -0.3 is 4.74 Å². The minimum absolute atomic E-state index is 0.325. The van der Waals surface area contributed by atoms with Crippen LogP contribution in [0.15, 0.2) is 48.0 Å². The molecule has 124 valence electrons. The molecule has 0 aromatic carbocycles. The van der Waals surface area contributed by atoms with Gasteiger partial charge in [-0.2, -0.15) is 0 Å². The lowest BCUT2D eigenvalue weighted by Crippen LogP contribution is -2.14.